The number of para-hydroxylation sites is 1. The van der Waals surface area contributed by atoms with Gasteiger partial charge < -0.3 is 20.1 Å². The third-order valence-corrected chi connectivity index (χ3v) is 7.05. The number of hydrogen-bond donors (Lipinski definition) is 2. The van der Waals surface area contributed by atoms with Crippen molar-refractivity contribution in [2.24, 2.45) is 5.92 Å². The van der Waals surface area contributed by atoms with Crippen LogP contribution in [-0.2, 0) is 36.8 Å². The number of carbonyl (C=O) groups is 4. The molecular formula is C26H36FN3O6. The van der Waals surface area contributed by atoms with Crippen molar-refractivity contribution in [1.29, 1.82) is 0 Å². The highest BCUT2D eigenvalue weighted by Gasteiger charge is 2.45. The Morgan fingerprint density at radius 1 is 1.25 bits per heavy atom. The van der Waals surface area contributed by atoms with Crippen LogP contribution in [0.5, 0.6) is 0 Å². The Balaban J connectivity index is 1.87. The van der Waals surface area contributed by atoms with Crippen molar-refractivity contribution in [1.82, 2.24) is 10.2 Å². The number of benzene rings is 1. The topological polar surface area (TPSA) is 116 Å². The molecule has 1 aromatic rings. The fourth-order valence-electron chi connectivity index (χ4n) is 5.15. The second-order valence-corrected chi connectivity index (χ2v) is 9.76. The Morgan fingerprint density at radius 2 is 1.94 bits per heavy atom. The van der Waals surface area contributed by atoms with Crippen molar-refractivity contribution in [2.45, 2.75) is 77.5 Å². The molecule has 10 heteroatoms. The molecular weight excluding hydrogens is 469 g/mol. The highest BCUT2D eigenvalue weighted by molar-refractivity contribution is 6.07. The Hall–Kier alpha value is -3.01. The largest absolute Gasteiger partial charge is 0.480 e. The molecule has 0 bridgehead atoms. The zero-order valence-electron chi connectivity index (χ0n) is 21.3. The van der Waals surface area contributed by atoms with Gasteiger partial charge in [-0.25, -0.2) is 9.18 Å². The summed E-state index contributed by atoms with van der Waals surface area (Å²) in [6.07, 6.45) is 1.63. The summed E-state index contributed by atoms with van der Waals surface area (Å²) in [5, 5.41) is 12.6. The second kappa shape index (κ2) is 11.8. The van der Waals surface area contributed by atoms with Gasteiger partial charge in [0, 0.05) is 12.5 Å². The van der Waals surface area contributed by atoms with Crippen LogP contribution < -0.4 is 10.2 Å². The Bertz CT molecular complexity index is 1000. The van der Waals surface area contributed by atoms with Crippen molar-refractivity contribution in [3.05, 3.63) is 29.3 Å². The molecule has 36 heavy (non-hydrogen) atoms. The van der Waals surface area contributed by atoms with E-state index < -0.39 is 48.5 Å². The van der Waals surface area contributed by atoms with Crippen molar-refractivity contribution in [3.63, 3.8) is 0 Å². The number of hydrogen-bond acceptors (Lipinski definition) is 5. The molecule has 4 atom stereocenters. The molecule has 198 valence electrons. The fourth-order valence-corrected chi connectivity index (χ4v) is 5.15. The van der Waals surface area contributed by atoms with Gasteiger partial charge in [-0.15, -0.1) is 0 Å². The summed E-state index contributed by atoms with van der Waals surface area (Å²) in [4.78, 5) is 55.0. The van der Waals surface area contributed by atoms with Gasteiger partial charge in [0.05, 0.1) is 12.3 Å². The van der Waals surface area contributed by atoms with E-state index in [-0.39, 0.29) is 31.6 Å². The number of anilines is 1. The molecule has 9 nitrogen and oxygen atoms in total. The minimum Gasteiger partial charge on any atom is -0.480 e. The lowest BCUT2D eigenvalue weighted by molar-refractivity contribution is -0.149. The summed E-state index contributed by atoms with van der Waals surface area (Å²) in [5.41, 5.74) is 2.32. The molecule has 3 amide bonds. The zero-order valence-corrected chi connectivity index (χ0v) is 21.3. The van der Waals surface area contributed by atoms with Crippen LogP contribution >= 0.6 is 0 Å². The van der Waals surface area contributed by atoms with Crippen LogP contribution in [0.15, 0.2) is 18.2 Å². The first kappa shape index (κ1) is 27.6. The van der Waals surface area contributed by atoms with Crippen LogP contribution in [0.3, 0.4) is 0 Å². The molecule has 2 aliphatic rings. The number of amides is 3. The highest BCUT2D eigenvalue weighted by Crippen LogP contribution is 2.39. The maximum atomic E-state index is 13.7. The van der Waals surface area contributed by atoms with Crippen LogP contribution in [0.2, 0.25) is 0 Å². The average molecular weight is 506 g/mol. The van der Waals surface area contributed by atoms with Crippen molar-refractivity contribution < 1.29 is 33.4 Å². The number of alkyl halides is 1. The normalized spacial score (nSPS) is 20.5. The number of nitrogens with zero attached hydrogens (tertiary/aromatic N) is 2. The van der Waals surface area contributed by atoms with Crippen LogP contribution in [0.4, 0.5) is 10.1 Å². The fraction of sp³-hybridized carbons (Fsp3) is 0.615. The summed E-state index contributed by atoms with van der Waals surface area (Å²) in [7, 11) is 0. The van der Waals surface area contributed by atoms with E-state index in [0.717, 1.165) is 11.1 Å². The molecule has 1 aromatic carbocycles. The molecule has 0 saturated carbocycles. The molecule has 0 saturated heterocycles. The van der Waals surface area contributed by atoms with E-state index >= 15 is 0 Å². The molecule has 0 unspecified atom stereocenters. The quantitative estimate of drug-likeness (QED) is 0.445. The first-order chi connectivity index (χ1) is 17.1. The highest BCUT2D eigenvalue weighted by atomic mass is 19.1. The Kier molecular flexibility index (Phi) is 9.05. The molecule has 0 fully saturated rings. The summed E-state index contributed by atoms with van der Waals surface area (Å²) in [6.45, 7) is 6.05. The lowest BCUT2D eigenvalue weighted by Gasteiger charge is -2.38. The van der Waals surface area contributed by atoms with E-state index in [4.69, 9.17) is 4.74 Å². The number of aliphatic carboxylic acids is 1. The van der Waals surface area contributed by atoms with E-state index in [1.54, 1.807) is 13.8 Å². The predicted octanol–water partition coefficient (Wildman–Crippen LogP) is 2.10. The Labute approximate surface area is 211 Å². The summed E-state index contributed by atoms with van der Waals surface area (Å²) in [6, 6.07) is 2.38. The first-order valence-electron chi connectivity index (χ1n) is 12.5. The number of halogens is 1. The number of aryl methyl sites for hydroxylation is 1. The second-order valence-electron chi connectivity index (χ2n) is 9.76. The number of carboxylic acid groups (broad SMARTS) is 1. The van der Waals surface area contributed by atoms with Gasteiger partial charge in [-0.3, -0.25) is 19.3 Å². The van der Waals surface area contributed by atoms with Gasteiger partial charge in [0.1, 0.15) is 31.4 Å². The molecule has 0 aromatic heterocycles. The van der Waals surface area contributed by atoms with Crippen molar-refractivity contribution >= 4 is 29.4 Å². The Morgan fingerprint density at radius 3 is 2.56 bits per heavy atom. The van der Waals surface area contributed by atoms with Crippen molar-refractivity contribution in [2.75, 3.05) is 24.8 Å². The lowest BCUT2D eigenvalue weighted by atomic mass is 9.94. The molecule has 0 spiro atoms. The minimum absolute atomic E-state index is 0.211. The monoisotopic (exact) mass is 505 g/mol. The number of rotatable bonds is 11. The summed E-state index contributed by atoms with van der Waals surface area (Å²) in [5.74, 6) is -2.71. The maximum absolute atomic E-state index is 13.7. The predicted molar refractivity (Wildman–Crippen MR) is 131 cm³/mol. The number of carboxylic acids is 1. The van der Waals surface area contributed by atoms with Crippen LogP contribution in [0.25, 0.3) is 0 Å². The van der Waals surface area contributed by atoms with E-state index in [1.807, 2.05) is 32.0 Å². The first-order valence-corrected chi connectivity index (χ1v) is 12.5. The van der Waals surface area contributed by atoms with Gasteiger partial charge in [0.15, 0.2) is 0 Å². The molecule has 2 N–H and O–H groups in total. The van der Waals surface area contributed by atoms with Gasteiger partial charge in [0.2, 0.25) is 17.7 Å². The number of ether oxygens (including phenoxy) is 1. The van der Waals surface area contributed by atoms with Crippen molar-refractivity contribution in [3.8, 4) is 0 Å². The van der Waals surface area contributed by atoms with Gasteiger partial charge in [-0.2, -0.15) is 0 Å². The van der Waals surface area contributed by atoms with Crippen LogP contribution in [0.1, 0.15) is 51.7 Å². The zero-order chi connectivity index (χ0) is 26.6. The number of nitrogens with one attached hydrogen (secondary N) is 1. The van der Waals surface area contributed by atoms with E-state index in [0.29, 0.717) is 24.9 Å². The van der Waals surface area contributed by atoms with Gasteiger partial charge in [-0.1, -0.05) is 38.5 Å². The van der Waals surface area contributed by atoms with E-state index in [9.17, 15) is 28.7 Å². The smallest absolute Gasteiger partial charge is 0.327 e. The third kappa shape index (κ3) is 5.53. The average Bonchev–Trinajstić information content (AvgIpc) is 3.18. The van der Waals surface area contributed by atoms with E-state index in [2.05, 4.69) is 5.32 Å². The molecule has 2 heterocycles. The third-order valence-electron chi connectivity index (χ3n) is 7.05. The van der Waals surface area contributed by atoms with Crippen LogP contribution in [0, 0.1) is 5.92 Å². The van der Waals surface area contributed by atoms with Gasteiger partial charge >= 0.3 is 5.97 Å². The lowest BCUT2D eigenvalue weighted by Crippen LogP contribution is -2.60. The summed E-state index contributed by atoms with van der Waals surface area (Å²) < 4.78 is 17.5. The van der Waals surface area contributed by atoms with Gasteiger partial charge in [0.25, 0.3) is 0 Å². The summed E-state index contributed by atoms with van der Waals surface area (Å²) >= 11 is 0. The standard InChI is InChI=1S/C26H36FN3O6/c1-5-16(4)22(29(15(2)3)21(31)14-36-12-11-27)24(32)28-19-10-9-17-7-6-8-18-13-20(26(34)35)30(23(17)18)25(19)33/h6-8,15-16,19-20,22H,5,9-14H2,1-4H3,(H,28,32)(H,34,35)/t16-,19-,20-,22-/m0/s1. The van der Waals surface area contributed by atoms with E-state index in [1.165, 1.54) is 9.80 Å². The molecule has 0 aliphatic carbocycles. The molecule has 3 rings (SSSR count). The SMILES string of the molecule is CC[C@H](C)[C@@H](C(=O)N[C@H]1CCc2cccc3c2N(C1=O)[C@H](C(=O)O)C3)N(C(=O)COCCF)C(C)C. The van der Waals surface area contributed by atoms with Gasteiger partial charge in [-0.05, 0) is 43.7 Å². The molecule has 0 radical (unpaired) electrons. The maximum Gasteiger partial charge on any atom is 0.327 e. The number of carbonyl (C=O) groups excluding carboxylic acids is 3. The molecule has 2 aliphatic heterocycles. The minimum atomic E-state index is -1.10. The van der Waals surface area contributed by atoms with Crippen LogP contribution in [-0.4, -0.2) is 77.8 Å².